The van der Waals surface area contributed by atoms with E-state index in [1.807, 2.05) is 79.7 Å². The van der Waals surface area contributed by atoms with Crippen LogP contribution >= 0.6 is 0 Å². The lowest BCUT2D eigenvalue weighted by Crippen LogP contribution is -2.18. The van der Waals surface area contributed by atoms with Crippen molar-refractivity contribution in [3.63, 3.8) is 0 Å². The van der Waals surface area contributed by atoms with Crippen molar-refractivity contribution < 1.29 is 19.0 Å². The van der Waals surface area contributed by atoms with Crippen LogP contribution in [-0.4, -0.2) is 25.5 Å². The van der Waals surface area contributed by atoms with E-state index in [0.29, 0.717) is 31.3 Å². The molecule has 0 bridgehead atoms. The van der Waals surface area contributed by atoms with Crippen molar-refractivity contribution in [1.29, 1.82) is 0 Å². The molecule has 0 radical (unpaired) electrons. The summed E-state index contributed by atoms with van der Waals surface area (Å²) in [7, 11) is 0. The van der Waals surface area contributed by atoms with E-state index in [1.165, 1.54) is 0 Å². The number of nitrogens with zero attached hydrogens (tertiary/aromatic N) is 1. The zero-order chi connectivity index (χ0) is 19.9. The summed E-state index contributed by atoms with van der Waals surface area (Å²) in [4.78, 5) is 5.63. The van der Waals surface area contributed by atoms with Crippen molar-refractivity contribution in [2.75, 3.05) is 19.8 Å². The van der Waals surface area contributed by atoms with Gasteiger partial charge in [-0.15, -0.1) is 0 Å². The van der Waals surface area contributed by atoms with Gasteiger partial charge in [0.25, 0.3) is 0 Å². The number of benzene rings is 3. The monoisotopic (exact) mass is 389 g/mol. The molecule has 0 spiro atoms. The van der Waals surface area contributed by atoms with E-state index >= 15 is 0 Å². The van der Waals surface area contributed by atoms with Gasteiger partial charge in [0, 0.05) is 5.56 Å². The molecular weight excluding hydrogens is 366 g/mol. The standard InChI is InChI=1S/C24H23NO4/c1-18-7-5-6-10-22(18)28-17-21(25-29-16-19-8-3-2-4-9-19)20-11-12-23-24(15-20)27-14-13-26-23/h2-12,15H,13-14,16-17H2,1H3. The molecular formula is C24H23NO4. The Balaban J connectivity index is 1.54. The molecule has 1 aliphatic heterocycles. The summed E-state index contributed by atoms with van der Waals surface area (Å²) < 4.78 is 17.3. The van der Waals surface area contributed by atoms with Gasteiger partial charge in [0.2, 0.25) is 0 Å². The Morgan fingerprint density at radius 3 is 2.48 bits per heavy atom. The topological polar surface area (TPSA) is 49.3 Å². The maximum absolute atomic E-state index is 6.02. The molecule has 4 rings (SSSR count). The van der Waals surface area contributed by atoms with Crippen LogP contribution in [0.4, 0.5) is 0 Å². The lowest BCUT2D eigenvalue weighted by atomic mass is 10.1. The van der Waals surface area contributed by atoms with Crippen molar-refractivity contribution in [3.05, 3.63) is 89.5 Å². The van der Waals surface area contributed by atoms with E-state index in [0.717, 1.165) is 28.2 Å². The molecule has 0 aromatic heterocycles. The second-order valence-electron chi connectivity index (χ2n) is 6.71. The van der Waals surface area contributed by atoms with Gasteiger partial charge in [-0.25, -0.2) is 0 Å². The summed E-state index contributed by atoms with van der Waals surface area (Å²) in [6.07, 6.45) is 0. The molecule has 0 saturated carbocycles. The first-order valence-corrected chi connectivity index (χ1v) is 9.61. The van der Waals surface area contributed by atoms with Gasteiger partial charge in [0.1, 0.15) is 37.9 Å². The normalized spacial score (nSPS) is 13.1. The molecule has 3 aromatic rings. The average molecular weight is 389 g/mol. The Kier molecular flexibility index (Phi) is 5.95. The fraction of sp³-hybridized carbons (Fsp3) is 0.208. The predicted octanol–water partition coefficient (Wildman–Crippen LogP) is 4.77. The van der Waals surface area contributed by atoms with Crippen molar-refractivity contribution >= 4 is 5.71 Å². The van der Waals surface area contributed by atoms with Gasteiger partial charge in [-0.2, -0.15) is 0 Å². The average Bonchev–Trinajstić information content (AvgIpc) is 2.77. The zero-order valence-electron chi connectivity index (χ0n) is 16.3. The van der Waals surface area contributed by atoms with E-state index < -0.39 is 0 Å². The van der Waals surface area contributed by atoms with Crippen LogP contribution in [0.25, 0.3) is 0 Å². The fourth-order valence-corrected chi connectivity index (χ4v) is 3.01. The molecule has 148 valence electrons. The Morgan fingerprint density at radius 1 is 0.897 bits per heavy atom. The molecule has 0 fully saturated rings. The second-order valence-corrected chi connectivity index (χ2v) is 6.71. The van der Waals surface area contributed by atoms with Gasteiger partial charge in [-0.3, -0.25) is 0 Å². The molecule has 0 atom stereocenters. The molecule has 0 amide bonds. The lowest BCUT2D eigenvalue weighted by molar-refractivity contribution is 0.129. The first-order valence-electron chi connectivity index (χ1n) is 9.61. The summed E-state index contributed by atoms with van der Waals surface area (Å²) in [5, 5.41) is 4.38. The minimum absolute atomic E-state index is 0.277. The SMILES string of the molecule is Cc1ccccc1OCC(=NOCc1ccccc1)c1ccc2c(c1)OCCO2. The summed E-state index contributed by atoms with van der Waals surface area (Å²) in [6, 6.07) is 23.6. The molecule has 29 heavy (non-hydrogen) atoms. The van der Waals surface area contributed by atoms with Gasteiger partial charge in [0.15, 0.2) is 11.5 Å². The highest BCUT2D eigenvalue weighted by atomic mass is 16.6. The van der Waals surface area contributed by atoms with Crippen molar-refractivity contribution in [2.45, 2.75) is 13.5 Å². The third-order valence-electron chi connectivity index (χ3n) is 4.58. The first-order chi connectivity index (χ1) is 14.3. The number of fused-ring (bicyclic) bond motifs is 1. The second kappa shape index (κ2) is 9.15. The highest BCUT2D eigenvalue weighted by Crippen LogP contribution is 2.31. The largest absolute Gasteiger partial charge is 0.487 e. The van der Waals surface area contributed by atoms with Crippen LogP contribution in [0.5, 0.6) is 17.2 Å². The summed E-state index contributed by atoms with van der Waals surface area (Å²) in [5.74, 6) is 2.27. The molecule has 0 N–H and O–H groups in total. The first kappa shape index (κ1) is 18.9. The van der Waals surface area contributed by atoms with Crippen molar-refractivity contribution in [2.24, 2.45) is 5.16 Å². The number of ether oxygens (including phenoxy) is 3. The smallest absolute Gasteiger partial charge is 0.162 e. The van der Waals surface area contributed by atoms with E-state index in [-0.39, 0.29) is 6.61 Å². The Hall–Kier alpha value is -3.47. The maximum atomic E-state index is 6.02. The minimum Gasteiger partial charge on any atom is -0.487 e. The Labute approximate surface area is 170 Å². The van der Waals surface area contributed by atoms with Crippen molar-refractivity contribution in [1.82, 2.24) is 0 Å². The molecule has 1 aliphatic rings. The van der Waals surface area contributed by atoms with Gasteiger partial charge in [0.05, 0.1) is 0 Å². The van der Waals surface area contributed by atoms with Crippen LogP contribution in [0.1, 0.15) is 16.7 Å². The molecule has 3 aromatic carbocycles. The molecule has 1 heterocycles. The van der Waals surface area contributed by atoms with Crippen molar-refractivity contribution in [3.8, 4) is 17.2 Å². The number of para-hydroxylation sites is 1. The molecule has 5 nitrogen and oxygen atoms in total. The van der Waals surface area contributed by atoms with E-state index in [2.05, 4.69) is 5.16 Å². The number of oxime groups is 1. The lowest BCUT2D eigenvalue weighted by Gasteiger charge is -2.19. The van der Waals surface area contributed by atoms with Crippen LogP contribution in [0.3, 0.4) is 0 Å². The highest BCUT2D eigenvalue weighted by molar-refractivity contribution is 6.02. The zero-order valence-corrected chi connectivity index (χ0v) is 16.3. The third kappa shape index (κ3) is 4.88. The predicted molar refractivity (Wildman–Crippen MR) is 112 cm³/mol. The van der Waals surface area contributed by atoms with E-state index in [4.69, 9.17) is 19.0 Å². The summed E-state index contributed by atoms with van der Waals surface area (Å²) in [6.45, 7) is 3.78. The third-order valence-corrected chi connectivity index (χ3v) is 4.58. The Morgan fingerprint density at radius 2 is 1.66 bits per heavy atom. The minimum atomic E-state index is 0.277. The van der Waals surface area contributed by atoms with Gasteiger partial charge >= 0.3 is 0 Å². The number of hydrogen-bond acceptors (Lipinski definition) is 5. The van der Waals surface area contributed by atoms with Gasteiger partial charge < -0.3 is 19.0 Å². The van der Waals surface area contributed by atoms with Crippen LogP contribution in [0.2, 0.25) is 0 Å². The molecule has 0 aliphatic carbocycles. The van der Waals surface area contributed by atoms with Crippen LogP contribution in [0.15, 0.2) is 78.0 Å². The number of aryl methyl sites for hydroxylation is 1. The molecule has 0 unspecified atom stereocenters. The fourth-order valence-electron chi connectivity index (χ4n) is 3.01. The number of rotatable bonds is 7. The van der Waals surface area contributed by atoms with Crippen LogP contribution in [-0.2, 0) is 11.4 Å². The van der Waals surface area contributed by atoms with E-state index in [9.17, 15) is 0 Å². The maximum Gasteiger partial charge on any atom is 0.162 e. The molecule has 0 saturated heterocycles. The van der Waals surface area contributed by atoms with Gasteiger partial charge in [-0.05, 0) is 42.3 Å². The van der Waals surface area contributed by atoms with Gasteiger partial charge in [-0.1, -0.05) is 53.7 Å². The van der Waals surface area contributed by atoms with Crippen LogP contribution in [0, 0.1) is 6.92 Å². The summed E-state index contributed by atoms with van der Waals surface area (Å²) in [5.41, 5.74) is 3.67. The van der Waals surface area contributed by atoms with Crippen LogP contribution < -0.4 is 14.2 Å². The van der Waals surface area contributed by atoms with E-state index in [1.54, 1.807) is 0 Å². The molecule has 5 heteroatoms. The highest BCUT2D eigenvalue weighted by Gasteiger charge is 2.15. The Bertz CT molecular complexity index is 985. The quantitative estimate of drug-likeness (QED) is 0.432. The summed E-state index contributed by atoms with van der Waals surface area (Å²) >= 11 is 0. The number of hydrogen-bond donors (Lipinski definition) is 0.